The number of allylic oxidation sites excluding steroid dienone is 2. The Labute approximate surface area is 162 Å². The first-order valence-corrected chi connectivity index (χ1v) is 9.58. The first-order valence-electron chi connectivity index (χ1n) is 9.58. The van der Waals surface area contributed by atoms with Gasteiger partial charge in [-0.3, -0.25) is 4.79 Å². The summed E-state index contributed by atoms with van der Waals surface area (Å²) in [7, 11) is 1.70. The summed E-state index contributed by atoms with van der Waals surface area (Å²) in [6.07, 6.45) is 3.71. The molecule has 0 heterocycles. The number of benzene rings is 2. The fourth-order valence-electron chi connectivity index (χ4n) is 3.68. The highest BCUT2D eigenvalue weighted by atomic mass is 16.5. The lowest BCUT2D eigenvalue weighted by Gasteiger charge is -2.19. The standard InChI is InChI=1S/C24H28O3/c1-16(2)11-18-5-6-21(24(12-18)26-4)15-27-22-9-10-23-17(3)20(14-25)8-7-19(23)13-22/h5-6,9-10,12-14,16H,7-8,11,15H2,1-4H3. The Hall–Kier alpha value is -2.55. The van der Waals surface area contributed by atoms with Crippen molar-refractivity contribution < 1.29 is 14.3 Å². The summed E-state index contributed by atoms with van der Waals surface area (Å²) >= 11 is 0. The van der Waals surface area contributed by atoms with E-state index in [2.05, 4.69) is 44.2 Å². The highest BCUT2D eigenvalue weighted by molar-refractivity contribution is 5.89. The summed E-state index contributed by atoms with van der Waals surface area (Å²) in [6.45, 7) is 6.92. The third-order valence-electron chi connectivity index (χ3n) is 5.16. The number of methoxy groups -OCH3 is 1. The predicted octanol–water partition coefficient (Wildman–Crippen LogP) is 5.39. The quantitative estimate of drug-likeness (QED) is 0.618. The van der Waals surface area contributed by atoms with Crippen LogP contribution in [0.1, 0.15) is 49.4 Å². The van der Waals surface area contributed by atoms with Crippen LogP contribution >= 0.6 is 0 Å². The first kappa shape index (κ1) is 19.2. The van der Waals surface area contributed by atoms with Gasteiger partial charge in [-0.05, 0) is 78.1 Å². The van der Waals surface area contributed by atoms with Crippen LogP contribution in [0.15, 0.2) is 42.0 Å². The molecule has 1 aliphatic carbocycles. The van der Waals surface area contributed by atoms with E-state index in [1.807, 2.05) is 13.0 Å². The average molecular weight is 364 g/mol. The molecule has 0 bridgehead atoms. The third-order valence-corrected chi connectivity index (χ3v) is 5.16. The van der Waals surface area contributed by atoms with E-state index in [9.17, 15) is 4.79 Å². The van der Waals surface area contributed by atoms with E-state index in [0.717, 1.165) is 59.3 Å². The first-order chi connectivity index (χ1) is 13.0. The summed E-state index contributed by atoms with van der Waals surface area (Å²) in [4.78, 5) is 11.2. The zero-order chi connectivity index (χ0) is 19.4. The van der Waals surface area contributed by atoms with Gasteiger partial charge in [-0.1, -0.05) is 32.0 Å². The van der Waals surface area contributed by atoms with Crippen LogP contribution in [-0.4, -0.2) is 13.4 Å². The van der Waals surface area contributed by atoms with Crippen molar-refractivity contribution in [3.05, 3.63) is 64.2 Å². The van der Waals surface area contributed by atoms with Crippen LogP contribution in [0.4, 0.5) is 0 Å². The molecular formula is C24H28O3. The number of hydrogen-bond donors (Lipinski definition) is 0. The number of hydrogen-bond acceptors (Lipinski definition) is 3. The van der Waals surface area contributed by atoms with Gasteiger partial charge in [-0.2, -0.15) is 0 Å². The van der Waals surface area contributed by atoms with E-state index < -0.39 is 0 Å². The highest BCUT2D eigenvalue weighted by Gasteiger charge is 2.16. The van der Waals surface area contributed by atoms with Gasteiger partial charge in [0.2, 0.25) is 0 Å². The number of rotatable bonds is 7. The molecule has 0 unspecified atom stereocenters. The molecule has 0 amide bonds. The van der Waals surface area contributed by atoms with Gasteiger partial charge in [0.25, 0.3) is 0 Å². The molecule has 0 saturated heterocycles. The molecule has 0 aliphatic heterocycles. The predicted molar refractivity (Wildman–Crippen MR) is 109 cm³/mol. The summed E-state index contributed by atoms with van der Waals surface area (Å²) in [5, 5.41) is 0. The molecule has 0 spiro atoms. The second kappa shape index (κ2) is 8.43. The van der Waals surface area contributed by atoms with Crippen LogP contribution in [0, 0.1) is 5.92 Å². The van der Waals surface area contributed by atoms with Gasteiger partial charge in [-0.15, -0.1) is 0 Å². The van der Waals surface area contributed by atoms with Gasteiger partial charge in [0.15, 0.2) is 0 Å². The maximum atomic E-state index is 11.2. The molecule has 0 radical (unpaired) electrons. The van der Waals surface area contributed by atoms with E-state index in [0.29, 0.717) is 12.5 Å². The topological polar surface area (TPSA) is 35.5 Å². The van der Waals surface area contributed by atoms with Crippen molar-refractivity contribution in [1.82, 2.24) is 0 Å². The van der Waals surface area contributed by atoms with E-state index in [4.69, 9.17) is 9.47 Å². The Balaban J connectivity index is 1.74. The maximum absolute atomic E-state index is 11.2. The summed E-state index contributed by atoms with van der Waals surface area (Å²) in [5.74, 6) is 2.34. The number of aryl methyl sites for hydroxylation is 1. The SMILES string of the molecule is COc1cc(CC(C)C)ccc1COc1ccc2c(c1)CCC(C=O)=C2C. The molecule has 0 atom stereocenters. The fraction of sp³-hybridized carbons (Fsp3) is 0.375. The Morgan fingerprint density at radius 1 is 1.11 bits per heavy atom. The molecule has 1 aliphatic rings. The van der Waals surface area contributed by atoms with Crippen molar-refractivity contribution >= 4 is 11.9 Å². The molecule has 0 saturated carbocycles. The summed E-state index contributed by atoms with van der Waals surface area (Å²) < 4.78 is 11.6. The van der Waals surface area contributed by atoms with Gasteiger partial charge >= 0.3 is 0 Å². The summed E-state index contributed by atoms with van der Waals surface area (Å²) in [5.41, 5.74) is 6.72. The van der Waals surface area contributed by atoms with Crippen molar-refractivity contribution in [2.45, 2.75) is 46.6 Å². The van der Waals surface area contributed by atoms with E-state index in [-0.39, 0.29) is 0 Å². The molecule has 3 heteroatoms. The van der Waals surface area contributed by atoms with Crippen LogP contribution in [0.3, 0.4) is 0 Å². The van der Waals surface area contributed by atoms with Gasteiger partial charge in [0.05, 0.1) is 7.11 Å². The minimum absolute atomic E-state index is 0.471. The van der Waals surface area contributed by atoms with E-state index in [1.54, 1.807) is 7.11 Å². The van der Waals surface area contributed by atoms with Crippen molar-refractivity contribution in [3.8, 4) is 11.5 Å². The number of carbonyl (C=O) groups is 1. The van der Waals surface area contributed by atoms with Crippen molar-refractivity contribution in [2.75, 3.05) is 7.11 Å². The van der Waals surface area contributed by atoms with Gasteiger partial charge in [0, 0.05) is 5.56 Å². The van der Waals surface area contributed by atoms with Crippen LogP contribution in [0.25, 0.3) is 5.57 Å². The molecule has 27 heavy (non-hydrogen) atoms. The minimum atomic E-state index is 0.471. The molecule has 2 aromatic rings. The molecule has 0 aromatic heterocycles. The lowest BCUT2D eigenvalue weighted by Crippen LogP contribution is -2.06. The van der Waals surface area contributed by atoms with Crippen molar-refractivity contribution in [3.63, 3.8) is 0 Å². The summed E-state index contributed by atoms with van der Waals surface area (Å²) in [6, 6.07) is 12.5. The minimum Gasteiger partial charge on any atom is -0.496 e. The molecule has 2 aromatic carbocycles. The monoisotopic (exact) mass is 364 g/mol. The second-order valence-electron chi connectivity index (χ2n) is 7.62. The van der Waals surface area contributed by atoms with E-state index in [1.165, 1.54) is 11.1 Å². The maximum Gasteiger partial charge on any atom is 0.146 e. The normalized spacial score (nSPS) is 13.5. The van der Waals surface area contributed by atoms with Gasteiger partial charge in [0.1, 0.15) is 24.4 Å². The zero-order valence-electron chi connectivity index (χ0n) is 16.7. The second-order valence-corrected chi connectivity index (χ2v) is 7.62. The van der Waals surface area contributed by atoms with Crippen LogP contribution in [-0.2, 0) is 24.2 Å². The molecule has 142 valence electrons. The third kappa shape index (κ3) is 4.41. The van der Waals surface area contributed by atoms with Crippen LogP contribution in [0.5, 0.6) is 11.5 Å². The molecule has 3 nitrogen and oxygen atoms in total. The fourth-order valence-corrected chi connectivity index (χ4v) is 3.68. The number of fused-ring (bicyclic) bond motifs is 1. The number of aldehydes is 1. The largest absolute Gasteiger partial charge is 0.496 e. The molecule has 0 fully saturated rings. The van der Waals surface area contributed by atoms with E-state index >= 15 is 0 Å². The lowest BCUT2D eigenvalue weighted by atomic mass is 9.87. The molecule has 3 rings (SSSR count). The Kier molecular flexibility index (Phi) is 6.00. The van der Waals surface area contributed by atoms with Crippen LogP contribution in [0.2, 0.25) is 0 Å². The Bertz CT molecular complexity index is 862. The lowest BCUT2D eigenvalue weighted by molar-refractivity contribution is -0.105. The smallest absolute Gasteiger partial charge is 0.146 e. The molecular weight excluding hydrogens is 336 g/mol. The van der Waals surface area contributed by atoms with Crippen molar-refractivity contribution in [1.29, 1.82) is 0 Å². The van der Waals surface area contributed by atoms with Gasteiger partial charge < -0.3 is 9.47 Å². The highest BCUT2D eigenvalue weighted by Crippen LogP contribution is 2.33. The Morgan fingerprint density at radius 2 is 1.93 bits per heavy atom. The number of carbonyl (C=O) groups excluding carboxylic acids is 1. The Morgan fingerprint density at radius 3 is 2.63 bits per heavy atom. The molecule has 0 N–H and O–H groups in total. The average Bonchev–Trinajstić information content (AvgIpc) is 2.66. The van der Waals surface area contributed by atoms with Crippen LogP contribution < -0.4 is 9.47 Å². The number of ether oxygens (including phenoxy) is 2. The van der Waals surface area contributed by atoms with Crippen molar-refractivity contribution in [2.24, 2.45) is 5.92 Å². The zero-order valence-corrected chi connectivity index (χ0v) is 16.7. The van der Waals surface area contributed by atoms with Gasteiger partial charge in [-0.25, -0.2) is 0 Å².